The molecule has 9 nitrogen and oxygen atoms in total. The quantitative estimate of drug-likeness (QED) is 0.0710. The Morgan fingerprint density at radius 1 is 0.709 bits per heavy atom. The molecule has 0 N–H and O–H groups in total. The minimum Gasteiger partial charge on any atom is -0.618 e. The van der Waals surface area contributed by atoms with E-state index in [2.05, 4.69) is 137 Å². The van der Waals surface area contributed by atoms with Crippen LogP contribution in [0.3, 0.4) is 0 Å². The Hall–Kier alpha value is -6.74. The fraction of sp³-hybridized carbons (Fsp3) is 0.174. The summed E-state index contributed by atoms with van der Waals surface area (Å²) in [5.41, 5.74) is 8.73. The Morgan fingerprint density at radius 3 is 1.89 bits per heavy atom. The summed E-state index contributed by atoms with van der Waals surface area (Å²) in [4.78, 5) is 9.40. The number of unbranched alkanes of at least 4 members (excludes halogenated alkanes) is 1. The van der Waals surface area contributed by atoms with Gasteiger partial charge in [0, 0.05) is 31.6 Å². The van der Waals surface area contributed by atoms with Gasteiger partial charge in [0.15, 0.2) is 11.5 Å². The molecule has 0 atom stereocenters. The molecule has 0 aliphatic heterocycles. The molecule has 0 unspecified atom stereocenters. The predicted molar refractivity (Wildman–Crippen MR) is 215 cm³/mol. The smallest absolute Gasteiger partial charge is 0.265 e. The minimum absolute atomic E-state index is 0.501. The third kappa shape index (κ3) is 6.58. The van der Waals surface area contributed by atoms with Crippen LogP contribution < -0.4 is 4.73 Å². The minimum atomic E-state index is -0.864. The van der Waals surface area contributed by atoms with Gasteiger partial charge in [0.2, 0.25) is 5.69 Å². The highest BCUT2D eigenvalue weighted by Crippen LogP contribution is 2.43. The molecule has 0 aliphatic carbocycles. The molecule has 0 saturated heterocycles. The second kappa shape index (κ2) is 15.3. The van der Waals surface area contributed by atoms with Gasteiger partial charge in [-0.2, -0.15) is 4.73 Å². The van der Waals surface area contributed by atoms with Crippen LogP contribution in [-0.2, 0) is 18.5 Å². The molecular weight excluding hydrogens is 681 g/mol. The molecule has 272 valence electrons. The zero-order valence-electron chi connectivity index (χ0n) is 31.2. The third-order valence-corrected chi connectivity index (χ3v) is 10.3. The van der Waals surface area contributed by atoms with Gasteiger partial charge in [0.1, 0.15) is 17.1 Å². The topological polar surface area (TPSA) is 101 Å². The van der Waals surface area contributed by atoms with Gasteiger partial charge in [0.25, 0.3) is 5.69 Å². The van der Waals surface area contributed by atoms with E-state index in [4.69, 9.17) is 15.3 Å². The maximum Gasteiger partial charge on any atom is 0.265 e. The lowest BCUT2D eigenvalue weighted by molar-refractivity contribution is -0.601. The van der Waals surface area contributed by atoms with E-state index in [-0.39, 0.29) is 0 Å². The molecule has 0 saturated carbocycles. The van der Waals surface area contributed by atoms with Crippen LogP contribution in [0.2, 0.25) is 0 Å². The van der Waals surface area contributed by atoms with E-state index < -0.39 is 5.54 Å². The highest BCUT2D eigenvalue weighted by Gasteiger charge is 2.42. The first-order chi connectivity index (χ1) is 27.0. The maximum atomic E-state index is 13.1. The van der Waals surface area contributed by atoms with Crippen LogP contribution in [0.5, 0.6) is 0 Å². The van der Waals surface area contributed by atoms with E-state index in [0.29, 0.717) is 35.1 Å². The molecule has 0 bridgehead atoms. The summed E-state index contributed by atoms with van der Waals surface area (Å²) in [6.45, 7) is 6.42. The Balaban J connectivity index is 1.19. The Labute approximate surface area is 321 Å². The zero-order chi connectivity index (χ0) is 37.8. The van der Waals surface area contributed by atoms with Crippen LogP contribution >= 0.6 is 0 Å². The van der Waals surface area contributed by atoms with Gasteiger partial charge in [-0.3, -0.25) is 0 Å². The first kappa shape index (κ1) is 35.3. The van der Waals surface area contributed by atoms with Crippen LogP contribution in [0.1, 0.15) is 59.2 Å². The molecule has 3 heterocycles. The largest absolute Gasteiger partial charge is 0.618 e. The van der Waals surface area contributed by atoms with Gasteiger partial charge in [-0.1, -0.05) is 153 Å². The van der Waals surface area contributed by atoms with E-state index in [9.17, 15) is 5.21 Å². The Bertz CT molecular complexity index is 2430. The van der Waals surface area contributed by atoms with Gasteiger partial charge in [0.05, 0.1) is 6.20 Å². The molecular formula is C46H42N8O. The SMILES string of the molecule is CCCCc1nc(-c2c(C)ncc(C)[n+]2[O-])cn1Cc1ccc(-c2ccccc2-c2nnnn2C(c2ccccc2)(c2ccccc2)c2ccccc2)cc1. The van der Waals surface area contributed by atoms with Crippen molar-refractivity contribution < 1.29 is 4.73 Å². The van der Waals surface area contributed by atoms with Crippen LogP contribution in [0.4, 0.5) is 0 Å². The average Bonchev–Trinajstić information content (AvgIpc) is 3.88. The number of aryl methyl sites for hydroxylation is 3. The van der Waals surface area contributed by atoms with Crippen LogP contribution in [-0.4, -0.2) is 34.7 Å². The lowest BCUT2D eigenvalue weighted by Gasteiger charge is -2.36. The molecule has 0 spiro atoms. The number of nitrogens with zero attached hydrogens (tertiary/aromatic N) is 8. The summed E-state index contributed by atoms with van der Waals surface area (Å²) in [6.07, 6.45) is 6.48. The number of tetrazole rings is 1. The lowest BCUT2D eigenvalue weighted by atomic mass is 9.77. The van der Waals surface area contributed by atoms with Crippen LogP contribution in [0.15, 0.2) is 152 Å². The van der Waals surface area contributed by atoms with Crippen molar-refractivity contribution in [1.82, 2.24) is 34.7 Å². The third-order valence-electron chi connectivity index (χ3n) is 10.3. The van der Waals surface area contributed by atoms with Crippen molar-refractivity contribution in [2.75, 3.05) is 0 Å². The fourth-order valence-corrected chi connectivity index (χ4v) is 7.56. The van der Waals surface area contributed by atoms with E-state index in [1.54, 1.807) is 13.1 Å². The monoisotopic (exact) mass is 722 g/mol. The van der Waals surface area contributed by atoms with Gasteiger partial charge in [-0.15, -0.1) is 5.10 Å². The van der Waals surface area contributed by atoms with Crippen molar-refractivity contribution in [3.63, 3.8) is 0 Å². The predicted octanol–water partition coefficient (Wildman–Crippen LogP) is 8.75. The second-order valence-electron chi connectivity index (χ2n) is 13.9. The molecule has 9 heteroatoms. The highest BCUT2D eigenvalue weighted by molar-refractivity contribution is 5.81. The summed E-state index contributed by atoms with van der Waals surface area (Å²) in [5.74, 6) is 1.61. The molecule has 8 aromatic rings. The fourth-order valence-electron chi connectivity index (χ4n) is 7.56. The molecule has 0 aliphatic rings. The molecule has 0 fully saturated rings. The first-order valence-corrected chi connectivity index (χ1v) is 18.7. The van der Waals surface area contributed by atoms with Gasteiger partial charge in [-0.25, -0.2) is 14.6 Å². The summed E-state index contributed by atoms with van der Waals surface area (Å²) in [7, 11) is 0. The molecule has 5 aromatic carbocycles. The maximum absolute atomic E-state index is 13.1. The van der Waals surface area contributed by atoms with Crippen molar-refractivity contribution >= 4 is 0 Å². The molecule has 3 aromatic heterocycles. The standard InChI is InChI=1S/C46H42N8O/c1-4-5-25-43-48-42(44-34(3)47-30-33(2)53(44)55)32-52(43)31-35-26-28-36(29-27-35)40-23-15-16-24-41(40)45-49-50-51-54(45)46(37-17-9-6-10-18-37,38-19-11-7-12-20-38)39-21-13-8-14-22-39/h6-24,26-30,32H,4-5,25,31H2,1-3H3. The lowest BCUT2D eigenvalue weighted by Crippen LogP contribution is -2.39. The van der Waals surface area contributed by atoms with Crippen molar-refractivity contribution in [3.8, 4) is 33.9 Å². The van der Waals surface area contributed by atoms with Gasteiger partial charge in [-0.05, 0) is 57.2 Å². The van der Waals surface area contributed by atoms with E-state index >= 15 is 0 Å². The number of hydrogen-bond acceptors (Lipinski definition) is 6. The van der Waals surface area contributed by atoms with Crippen LogP contribution in [0.25, 0.3) is 33.9 Å². The van der Waals surface area contributed by atoms with Gasteiger partial charge < -0.3 is 9.77 Å². The number of imidazole rings is 1. The number of hydrogen-bond donors (Lipinski definition) is 0. The average molecular weight is 723 g/mol. The summed E-state index contributed by atoms with van der Waals surface area (Å²) in [6, 6.07) is 48.3. The van der Waals surface area contributed by atoms with Crippen molar-refractivity contribution in [2.45, 2.75) is 52.1 Å². The zero-order valence-corrected chi connectivity index (χ0v) is 31.2. The van der Waals surface area contributed by atoms with E-state index in [1.165, 1.54) is 0 Å². The molecule has 55 heavy (non-hydrogen) atoms. The summed E-state index contributed by atoms with van der Waals surface area (Å²) < 4.78 is 5.08. The molecule has 0 amide bonds. The number of rotatable bonds is 12. The van der Waals surface area contributed by atoms with Crippen molar-refractivity contribution in [1.29, 1.82) is 0 Å². The van der Waals surface area contributed by atoms with Gasteiger partial charge >= 0.3 is 0 Å². The summed E-state index contributed by atoms with van der Waals surface area (Å²) in [5, 5.41) is 26.9. The highest BCUT2D eigenvalue weighted by atomic mass is 16.5. The Kier molecular flexibility index (Phi) is 9.83. The van der Waals surface area contributed by atoms with E-state index in [0.717, 1.165) is 68.8 Å². The molecule has 8 rings (SSSR count). The molecule has 0 radical (unpaired) electrons. The second-order valence-corrected chi connectivity index (χ2v) is 13.9. The van der Waals surface area contributed by atoms with E-state index in [1.807, 2.05) is 42.1 Å². The summed E-state index contributed by atoms with van der Waals surface area (Å²) >= 11 is 0. The number of benzene rings is 5. The Morgan fingerprint density at radius 2 is 1.29 bits per heavy atom. The first-order valence-electron chi connectivity index (χ1n) is 18.7. The number of aromatic nitrogens is 8. The van der Waals surface area contributed by atoms with Crippen molar-refractivity contribution in [3.05, 3.63) is 197 Å². The van der Waals surface area contributed by atoms with Crippen LogP contribution in [0, 0.1) is 19.1 Å². The normalized spacial score (nSPS) is 11.5. The van der Waals surface area contributed by atoms with Crippen molar-refractivity contribution in [2.24, 2.45) is 0 Å².